The molecule has 1 aliphatic rings. The fourth-order valence-electron chi connectivity index (χ4n) is 2.16. The van der Waals surface area contributed by atoms with Crippen molar-refractivity contribution in [2.24, 2.45) is 0 Å². The Balaban J connectivity index is 2.33. The molecule has 1 aromatic carbocycles. The van der Waals surface area contributed by atoms with Gasteiger partial charge in [-0.1, -0.05) is 18.2 Å². The molecule has 0 radical (unpaired) electrons. The van der Waals surface area contributed by atoms with E-state index in [1.165, 1.54) is 6.07 Å². The number of hydrogen-bond donors (Lipinski definition) is 1. The molecule has 2 unspecified atom stereocenters. The molecule has 1 aromatic rings. The van der Waals surface area contributed by atoms with E-state index in [-0.39, 0.29) is 11.7 Å². The van der Waals surface area contributed by atoms with Gasteiger partial charge >= 0.3 is 0 Å². The molecule has 0 spiro atoms. The SMILES string of the molecule is CC1(F)CCNCC1c1ccccc1F. The average molecular weight is 211 g/mol. The third-order valence-corrected chi connectivity index (χ3v) is 3.15. The molecule has 1 heterocycles. The Morgan fingerprint density at radius 1 is 1.40 bits per heavy atom. The van der Waals surface area contributed by atoms with Crippen LogP contribution in [0.1, 0.15) is 24.8 Å². The van der Waals surface area contributed by atoms with Crippen molar-refractivity contribution in [2.75, 3.05) is 13.1 Å². The van der Waals surface area contributed by atoms with E-state index in [4.69, 9.17) is 0 Å². The topological polar surface area (TPSA) is 12.0 Å². The number of alkyl halides is 1. The van der Waals surface area contributed by atoms with Gasteiger partial charge in [-0.15, -0.1) is 0 Å². The lowest BCUT2D eigenvalue weighted by atomic mass is 9.80. The van der Waals surface area contributed by atoms with Gasteiger partial charge in [-0.3, -0.25) is 0 Å². The van der Waals surface area contributed by atoms with E-state index >= 15 is 0 Å². The molecule has 0 aromatic heterocycles. The van der Waals surface area contributed by atoms with Crippen LogP contribution in [0.4, 0.5) is 8.78 Å². The number of hydrogen-bond acceptors (Lipinski definition) is 1. The first-order chi connectivity index (χ1) is 7.11. The van der Waals surface area contributed by atoms with Crippen LogP contribution in [-0.4, -0.2) is 18.8 Å². The van der Waals surface area contributed by atoms with Crippen molar-refractivity contribution in [3.8, 4) is 0 Å². The van der Waals surface area contributed by atoms with Crippen LogP contribution >= 0.6 is 0 Å². The molecular weight excluding hydrogens is 196 g/mol. The summed E-state index contributed by atoms with van der Waals surface area (Å²) in [6, 6.07) is 6.44. The molecule has 1 aliphatic heterocycles. The molecule has 1 fully saturated rings. The lowest BCUT2D eigenvalue weighted by Gasteiger charge is -2.35. The number of halogens is 2. The third kappa shape index (κ3) is 2.02. The minimum Gasteiger partial charge on any atom is -0.316 e. The van der Waals surface area contributed by atoms with Crippen molar-refractivity contribution in [2.45, 2.75) is 24.9 Å². The van der Waals surface area contributed by atoms with E-state index in [1.54, 1.807) is 25.1 Å². The molecule has 2 rings (SSSR count). The number of piperidine rings is 1. The van der Waals surface area contributed by atoms with Crippen LogP contribution in [0.2, 0.25) is 0 Å². The Morgan fingerprint density at radius 3 is 2.80 bits per heavy atom. The van der Waals surface area contributed by atoms with Crippen LogP contribution in [0.15, 0.2) is 24.3 Å². The van der Waals surface area contributed by atoms with Gasteiger partial charge in [0, 0.05) is 12.5 Å². The summed E-state index contributed by atoms with van der Waals surface area (Å²) < 4.78 is 27.7. The Bertz CT molecular complexity index is 349. The summed E-state index contributed by atoms with van der Waals surface area (Å²) in [4.78, 5) is 0. The Labute approximate surface area is 88.5 Å². The summed E-state index contributed by atoms with van der Waals surface area (Å²) in [5.74, 6) is -0.692. The minimum absolute atomic E-state index is 0.310. The summed E-state index contributed by atoms with van der Waals surface area (Å²) >= 11 is 0. The summed E-state index contributed by atoms with van der Waals surface area (Å²) in [7, 11) is 0. The molecule has 0 saturated carbocycles. The molecule has 0 bridgehead atoms. The lowest BCUT2D eigenvalue weighted by Crippen LogP contribution is -2.44. The van der Waals surface area contributed by atoms with Crippen LogP contribution in [0.25, 0.3) is 0 Å². The standard InChI is InChI=1S/C12H15F2N/c1-12(14)6-7-15-8-10(12)9-4-2-3-5-11(9)13/h2-5,10,15H,6-8H2,1H3. The van der Waals surface area contributed by atoms with Gasteiger partial charge in [-0.05, 0) is 31.5 Å². The number of rotatable bonds is 1. The van der Waals surface area contributed by atoms with Crippen molar-refractivity contribution < 1.29 is 8.78 Å². The van der Waals surface area contributed by atoms with Crippen LogP contribution < -0.4 is 5.32 Å². The number of nitrogens with one attached hydrogen (secondary N) is 1. The van der Waals surface area contributed by atoms with Crippen molar-refractivity contribution >= 4 is 0 Å². The average Bonchev–Trinajstić information content (AvgIpc) is 2.19. The zero-order valence-corrected chi connectivity index (χ0v) is 8.76. The molecular formula is C12H15F2N. The van der Waals surface area contributed by atoms with Gasteiger partial charge in [-0.2, -0.15) is 0 Å². The quantitative estimate of drug-likeness (QED) is 0.753. The summed E-state index contributed by atoms with van der Waals surface area (Å²) in [5, 5.41) is 3.11. The molecule has 2 atom stereocenters. The van der Waals surface area contributed by atoms with E-state index in [9.17, 15) is 8.78 Å². The Hall–Kier alpha value is -0.960. The van der Waals surface area contributed by atoms with Crippen molar-refractivity contribution in [1.82, 2.24) is 5.32 Å². The third-order valence-electron chi connectivity index (χ3n) is 3.15. The van der Waals surface area contributed by atoms with E-state index in [0.29, 0.717) is 25.1 Å². The maximum absolute atomic E-state index is 14.2. The fourth-order valence-corrected chi connectivity index (χ4v) is 2.16. The first-order valence-electron chi connectivity index (χ1n) is 5.25. The zero-order valence-electron chi connectivity index (χ0n) is 8.76. The van der Waals surface area contributed by atoms with E-state index in [2.05, 4.69) is 5.32 Å². The van der Waals surface area contributed by atoms with Crippen LogP contribution in [-0.2, 0) is 0 Å². The highest BCUT2D eigenvalue weighted by atomic mass is 19.1. The molecule has 0 amide bonds. The van der Waals surface area contributed by atoms with E-state index in [1.807, 2.05) is 0 Å². The molecule has 82 valence electrons. The Morgan fingerprint density at radius 2 is 2.13 bits per heavy atom. The van der Waals surface area contributed by atoms with E-state index < -0.39 is 5.67 Å². The normalized spacial score (nSPS) is 31.5. The first-order valence-corrected chi connectivity index (χ1v) is 5.25. The smallest absolute Gasteiger partial charge is 0.126 e. The summed E-state index contributed by atoms with van der Waals surface area (Å²) in [6.45, 7) is 2.73. The second-order valence-corrected chi connectivity index (χ2v) is 4.31. The molecule has 3 heteroatoms. The lowest BCUT2D eigenvalue weighted by molar-refractivity contribution is 0.108. The predicted molar refractivity (Wildman–Crippen MR) is 56.1 cm³/mol. The first kappa shape index (κ1) is 10.6. The maximum Gasteiger partial charge on any atom is 0.126 e. The summed E-state index contributed by atoms with van der Waals surface area (Å²) in [5.41, 5.74) is -0.831. The molecule has 1 nitrogen and oxygen atoms in total. The zero-order chi connectivity index (χ0) is 10.9. The second-order valence-electron chi connectivity index (χ2n) is 4.31. The van der Waals surface area contributed by atoms with Gasteiger partial charge < -0.3 is 5.32 Å². The minimum atomic E-state index is -1.31. The van der Waals surface area contributed by atoms with Gasteiger partial charge in [-0.25, -0.2) is 8.78 Å². The van der Waals surface area contributed by atoms with Crippen molar-refractivity contribution in [3.05, 3.63) is 35.6 Å². The monoisotopic (exact) mass is 211 g/mol. The number of benzene rings is 1. The largest absolute Gasteiger partial charge is 0.316 e. The maximum atomic E-state index is 14.2. The van der Waals surface area contributed by atoms with Crippen LogP contribution in [0.3, 0.4) is 0 Å². The van der Waals surface area contributed by atoms with Gasteiger partial charge in [0.1, 0.15) is 11.5 Å². The highest BCUT2D eigenvalue weighted by Gasteiger charge is 2.38. The van der Waals surface area contributed by atoms with Gasteiger partial charge in [0.05, 0.1) is 0 Å². The van der Waals surface area contributed by atoms with E-state index in [0.717, 1.165) is 0 Å². The molecule has 15 heavy (non-hydrogen) atoms. The molecule has 1 N–H and O–H groups in total. The van der Waals surface area contributed by atoms with Crippen LogP contribution in [0, 0.1) is 5.82 Å². The van der Waals surface area contributed by atoms with Gasteiger partial charge in [0.2, 0.25) is 0 Å². The van der Waals surface area contributed by atoms with Gasteiger partial charge in [0.25, 0.3) is 0 Å². The Kier molecular flexibility index (Phi) is 2.74. The van der Waals surface area contributed by atoms with Crippen LogP contribution in [0.5, 0.6) is 0 Å². The second kappa shape index (κ2) is 3.89. The highest BCUT2D eigenvalue weighted by molar-refractivity contribution is 5.25. The van der Waals surface area contributed by atoms with Gasteiger partial charge in [0.15, 0.2) is 0 Å². The molecule has 0 aliphatic carbocycles. The molecule has 1 saturated heterocycles. The fraction of sp³-hybridized carbons (Fsp3) is 0.500. The van der Waals surface area contributed by atoms with Crippen molar-refractivity contribution in [1.29, 1.82) is 0 Å². The highest BCUT2D eigenvalue weighted by Crippen LogP contribution is 2.36. The summed E-state index contributed by atoms with van der Waals surface area (Å²) in [6.07, 6.45) is 0.437. The van der Waals surface area contributed by atoms with Crippen molar-refractivity contribution in [3.63, 3.8) is 0 Å². The predicted octanol–water partition coefficient (Wildman–Crippen LogP) is 2.63.